The molecule has 5 heteroatoms. The fraction of sp³-hybridized carbons (Fsp3) is 0.429. The van der Waals surface area contributed by atoms with Gasteiger partial charge in [0.05, 0.1) is 6.54 Å². The molecule has 0 heterocycles. The largest absolute Gasteiger partial charge is 0.349 e. The highest BCUT2D eigenvalue weighted by molar-refractivity contribution is 5.96. The van der Waals surface area contributed by atoms with E-state index in [1.165, 1.54) is 12.8 Å². The molecular formula is C14H19N3O2. The van der Waals surface area contributed by atoms with Gasteiger partial charge in [0.2, 0.25) is 5.91 Å². The summed E-state index contributed by atoms with van der Waals surface area (Å²) in [5.41, 5.74) is 6.47. The maximum atomic E-state index is 12.0. The quantitative estimate of drug-likeness (QED) is 0.762. The second-order valence-electron chi connectivity index (χ2n) is 4.78. The van der Waals surface area contributed by atoms with Gasteiger partial charge in [-0.2, -0.15) is 0 Å². The molecule has 4 N–H and O–H groups in total. The lowest BCUT2D eigenvalue weighted by molar-refractivity contribution is -0.114. The molecule has 2 amide bonds. The number of rotatable bonds is 4. The molecule has 5 nitrogen and oxygen atoms in total. The molecule has 1 aliphatic rings. The Kier molecular flexibility index (Phi) is 4.52. The molecule has 2 rings (SSSR count). The first-order valence-electron chi connectivity index (χ1n) is 6.60. The molecule has 0 unspecified atom stereocenters. The third-order valence-corrected chi connectivity index (χ3v) is 3.31. The smallest absolute Gasteiger partial charge is 0.251 e. The molecule has 0 radical (unpaired) electrons. The first-order chi connectivity index (χ1) is 9.19. The van der Waals surface area contributed by atoms with Crippen molar-refractivity contribution in [3.8, 4) is 0 Å². The lowest BCUT2D eigenvalue weighted by Gasteiger charge is -2.12. The number of nitrogens with one attached hydrogen (secondary N) is 2. The minimum atomic E-state index is -0.247. The van der Waals surface area contributed by atoms with Crippen molar-refractivity contribution in [1.82, 2.24) is 5.32 Å². The van der Waals surface area contributed by atoms with E-state index in [0.717, 1.165) is 12.8 Å². The Bertz CT molecular complexity index is 450. The Labute approximate surface area is 112 Å². The number of hydrogen-bond donors (Lipinski definition) is 3. The third kappa shape index (κ3) is 3.79. The van der Waals surface area contributed by atoms with Crippen LogP contribution >= 0.6 is 0 Å². The summed E-state index contributed by atoms with van der Waals surface area (Å²) in [6.07, 6.45) is 4.51. The van der Waals surface area contributed by atoms with Crippen LogP contribution in [0.4, 0.5) is 5.69 Å². The highest BCUT2D eigenvalue weighted by Crippen LogP contribution is 2.18. The van der Waals surface area contributed by atoms with E-state index in [-0.39, 0.29) is 18.4 Å². The van der Waals surface area contributed by atoms with Crippen molar-refractivity contribution < 1.29 is 9.59 Å². The van der Waals surface area contributed by atoms with E-state index < -0.39 is 0 Å². The van der Waals surface area contributed by atoms with Gasteiger partial charge in [0.15, 0.2) is 0 Å². The molecule has 1 aromatic carbocycles. The van der Waals surface area contributed by atoms with Gasteiger partial charge in [0, 0.05) is 17.3 Å². The topological polar surface area (TPSA) is 84.2 Å². The van der Waals surface area contributed by atoms with Crippen LogP contribution in [0.3, 0.4) is 0 Å². The number of nitrogens with two attached hydrogens (primary N) is 1. The van der Waals surface area contributed by atoms with E-state index in [1.54, 1.807) is 24.3 Å². The summed E-state index contributed by atoms with van der Waals surface area (Å²) in [5, 5.41) is 5.66. The minimum absolute atomic E-state index is 0.0517. The maximum Gasteiger partial charge on any atom is 0.251 e. The monoisotopic (exact) mass is 261 g/mol. The fourth-order valence-electron chi connectivity index (χ4n) is 2.26. The predicted octanol–water partition coefficient (Wildman–Crippen LogP) is 1.26. The normalized spacial score (nSPS) is 15.2. The molecule has 1 saturated carbocycles. The number of anilines is 1. The molecule has 0 spiro atoms. The third-order valence-electron chi connectivity index (χ3n) is 3.31. The summed E-state index contributed by atoms with van der Waals surface area (Å²) < 4.78 is 0. The van der Waals surface area contributed by atoms with Crippen LogP contribution in [0.2, 0.25) is 0 Å². The second kappa shape index (κ2) is 6.33. The predicted molar refractivity (Wildman–Crippen MR) is 73.8 cm³/mol. The molecule has 0 aliphatic heterocycles. The number of benzene rings is 1. The van der Waals surface area contributed by atoms with Crippen molar-refractivity contribution in [1.29, 1.82) is 0 Å². The highest BCUT2D eigenvalue weighted by Gasteiger charge is 2.17. The Morgan fingerprint density at radius 1 is 1.16 bits per heavy atom. The van der Waals surface area contributed by atoms with Gasteiger partial charge in [0.25, 0.3) is 5.91 Å². The van der Waals surface area contributed by atoms with Crippen molar-refractivity contribution in [3.63, 3.8) is 0 Å². The number of amides is 2. The molecular weight excluding hydrogens is 242 g/mol. The molecule has 19 heavy (non-hydrogen) atoms. The summed E-state index contributed by atoms with van der Waals surface area (Å²) in [4.78, 5) is 23.1. The van der Waals surface area contributed by atoms with Crippen molar-refractivity contribution >= 4 is 17.5 Å². The Morgan fingerprint density at radius 2 is 1.79 bits per heavy atom. The SMILES string of the molecule is NCC(=O)Nc1ccc(C(=O)NC2CCCC2)cc1. The zero-order chi connectivity index (χ0) is 13.7. The first-order valence-corrected chi connectivity index (χ1v) is 6.60. The van der Waals surface area contributed by atoms with Gasteiger partial charge in [-0.05, 0) is 37.1 Å². The molecule has 1 aliphatic carbocycles. The average molecular weight is 261 g/mol. The van der Waals surface area contributed by atoms with Gasteiger partial charge >= 0.3 is 0 Å². The summed E-state index contributed by atoms with van der Waals surface area (Å²) in [6, 6.07) is 7.13. The van der Waals surface area contributed by atoms with Crippen LogP contribution in [0.15, 0.2) is 24.3 Å². The van der Waals surface area contributed by atoms with Gasteiger partial charge in [-0.3, -0.25) is 9.59 Å². The van der Waals surface area contributed by atoms with E-state index in [4.69, 9.17) is 5.73 Å². The van der Waals surface area contributed by atoms with Crippen LogP contribution in [-0.4, -0.2) is 24.4 Å². The summed E-state index contributed by atoms with van der Waals surface area (Å²) in [5.74, 6) is -0.299. The minimum Gasteiger partial charge on any atom is -0.349 e. The number of carbonyl (C=O) groups is 2. The average Bonchev–Trinajstić information content (AvgIpc) is 2.92. The van der Waals surface area contributed by atoms with Crippen molar-refractivity contribution in [2.75, 3.05) is 11.9 Å². The van der Waals surface area contributed by atoms with Crippen LogP contribution in [-0.2, 0) is 4.79 Å². The van der Waals surface area contributed by atoms with Gasteiger partial charge in [-0.15, -0.1) is 0 Å². The van der Waals surface area contributed by atoms with Crippen LogP contribution in [0.5, 0.6) is 0 Å². The highest BCUT2D eigenvalue weighted by atomic mass is 16.2. The van der Waals surface area contributed by atoms with Crippen LogP contribution < -0.4 is 16.4 Å². The zero-order valence-corrected chi connectivity index (χ0v) is 10.8. The van der Waals surface area contributed by atoms with E-state index >= 15 is 0 Å². The Hall–Kier alpha value is -1.88. The van der Waals surface area contributed by atoms with Gasteiger partial charge in [-0.1, -0.05) is 12.8 Å². The lowest BCUT2D eigenvalue weighted by atomic mass is 10.1. The van der Waals surface area contributed by atoms with Crippen molar-refractivity contribution in [3.05, 3.63) is 29.8 Å². The van der Waals surface area contributed by atoms with Crippen molar-refractivity contribution in [2.45, 2.75) is 31.7 Å². The van der Waals surface area contributed by atoms with E-state index in [2.05, 4.69) is 10.6 Å². The number of hydrogen-bond acceptors (Lipinski definition) is 3. The molecule has 1 fully saturated rings. The lowest BCUT2D eigenvalue weighted by Crippen LogP contribution is -2.32. The molecule has 0 aromatic heterocycles. The summed E-state index contributed by atoms with van der Waals surface area (Å²) >= 11 is 0. The number of carbonyl (C=O) groups excluding carboxylic acids is 2. The van der Waals surface area contributed by atoms with Gasteiger partial charge < -0.3 is 16.4 Å². The van der Waals surface area contributed by atoms with Crippen LogP contribution in [0.1, 0.15) is 36.0 Å². The Balaban J connectivity index is 1.93. The van der Waals surface area contributed by atoms with Gasteiger partial charge in [0.1, 0.15) is 0 Å². The van der Waals surface area contributed by atoms with E-state index in [0.29, 0.717) is 17.3 Å². The van der Waals surface area contributed by atoms with Crippen LogP contribution in [0.25, 0.3) is 0 Å². The molecule has 102 valence electrons. The van der Waals surface area contributed by atoms with Crippen LogP contribution in [0, 0.1) is 0 Å². The molecule has 1 aromatic rings. The molecule has 0 saturated heterocycles. The maximum absolute atomic E-state index is 12.0. The standard InChI is InChI=1S/C14H19N3O2/c15-9-13(18)16-12-7-5-10(6-8-12)14(19)17-11-3-1-2-4-11/h5-8,11H,1-4,9,15H2,(H,16,18)(H,17,19). The molecule has 0 atom stereocenters. The van der Waals surface area contributed by atoms with E-state index in [9.17, 15) is 9.59 Å². The van der Waals surface area contributed by atoms with E-state index in [1.807, 2.05) is 0 Å². The van der Waals surface area contributed by atoms with Gasteiger partial charge in [-0.25, -0.2) is 0 Å². The summed E-state index contributed by atoms with van der Waals surface area (Å²) in [7, 11) is 0. The first kappa shape index (κ1) is 13.5. The fourth-order valence-corrected chi connectivity index (χ4v) is 2.26. The zero-order valence-electron chi connectivity index (χ0n) is 10.8. The van der Waals surface area contributed by atoms with Crippen molar-refractivity contribution in [2.24, 2.45) is 5.73 Å². The Morgan fingerprint density at radius 3 is 2.37 bits per heavy atom. The molecule has 0 bridgehead atoms. The second-order valence-corrected chi connectivity index (χ2v) is 4.78. The summed E-state index contributed by atoms with van der Waals surface area (Å²) in [6.45, 7) is -0.0517.